The first-order valence-corrected chi connectivity index (χ1v) is 8.14. The average Bonchev–Trinajstić information content (AvgIpc) is 2.87. The lowest BCUT2D eigenvalue weighted by atomic mass is 9.95. The van der Waals surface area contributed by atoms with Crippen LogP contribution in [0.4, 0.5) is 0 Å². The molecule has 4 N–H and O–H groups in total. The standard InChI is InChI=1S/C19H23NO4/c21-11-15-18(23)19(24)16(12-22)20(15)17(13-7-3-1-4-8-13)14-9-5-2-6-10-14/h1-10,15-19,21-24H,11-12H2/t15-,16?,18-,19-/m1/s1. The Labute approximate surface area is 141 Å². The minimum Gasteiger partial charge on any atom is -0.395 e. The molecule has 0 bridgehead atoms. The van der Waals surface area contributed by atoms with Crippen LogP contribution in [0.1, 0.15) is 17.2 Å². The summed E-state index contributed by atoms with van der Waals surface area (Å²) in [5.41, 5.74) is 1.95. The van der Waals surface area contributed by atoms with Crippen molar-refractivity contribution in [3.8, 4) is 0 Å². The van der Waals surface area contributed by atoms with Crippen molar-refractivity contribution >= 4 is 0 Å². The molecule has 1 saturated heterocycles. The van der Waals surface area contributed by atoms with E-state index in [-0.39, 0.29) is 19.3 Å². The Morgan fingerprint density at radius 3 is 1.42 bits per heavy atom. The molecule has 0 aromatic heterocycles. The molecular formula is C19H23NO4. The lowest BCUT2D eigenvalue weighted by Gasteiger charge is -2.37. The van der Waals surface area contributed by atoms with Crippen LogP contribution in [0.5, 0.6) is 0 Å². The van der Waals surface area contributed by atoms with Gasteiger partial charge in [0.25, 0.3) is 0 Å². The SMILES string of the molecule is OCC1[C@@H](O)[C@H](O)[C@@H](CO)N1C(c1ccccc1)c1ccccc1. The second kappa shape index (κ2) is 7.42. The van der Waals surface area contributed by atoms with Gasteiger partial charge in [-0.15, -0.1) is 0 Å². The zero-order chi connectivity index (χ0) is 17.1. The highest BCUT2D eigenvalue weighted by Crippen LogP contribution is 2.38. The summed E-state index contributed by atoms with van der Waals surface area (Å²) in [6, 6.07) is 17.8. The van der Waals surface area contributed by atoms with E-state index >= 15 is 0 Å². The molecular weight excluding hydrogens is 306 g/mol. The minimum atomic E-state index is -1.11. The third-order valence-corrected chi connectivity index (χ3v) is 4.81. The summed E-state index contributed by atoms with van der Waals surface area (Å²) in [5, 5.41) is 40.2. The largest absolute Gasteiger partial charge is 0.395 e. The van der Waals surface area contributed by atoms with E-state index in [1.807, 2.05) is 65.6 Å². The summed E-state index contributed by atoms with van der Waals surface area (Å²) in [5.74, 6) is 0. The van der Waals surface area contributed by atoms with E-state index in [2.05, 4.69) is 0 Å². The third kappa shape index (κ3) is 2.97. The molecule has 5 nitrogen and oxygen atoms in total. The van der Waals surface area contributed by atoms with Crippen molar-refractivity contribution in [1.29, 1.82) is 0 Å². The number of aliphatic hydroxyl groups is 4. The molecule has 5 heteroatoms. The van der Waals surface area contributed by atoms with Crippen LogP contribution in [0.3, 0.4) is 0 Å². The van der Waals surface area contributed by atoms with Crippen molar-refractivity contribution in [2.75, 3.05) is 13.2 Å². The normalized spacial score (nSPS) is 27.7. The summed E-state index contributed by atoms with van der Waals surface area (Å²) in [4.78, 5) is 1.83. The molecule has 128 valence electrons. The number of rotatable bonds is 5. The van der Waals surface area contributed by atoms with Gasteiger partial charge in [0.2, 0.25) is 0 Å². The second-order valence-electron chi connectivity index (χ2n) is 6.15. The Bertz CT molecular complexity index is 581. The molecule has 1 fully saturated rings. The van der Waals surface area contributed by atoms with Crippen molar-refractivity contribution in [3.05, 3.63) is 71.8 Å². The lowest BCUT2D eigenvalue weighted by Crippen LogP contribution is -2.45. The van der Waals surface area contributed by atoms with Gasteiger partial charge in [0.15, 0.2) is 0 Å². The molecule has 0 saturated carbocycles. The van der Waals surface area contributed by atoms with Crippen molar-refractivity contribution in [2.45, 2.75) is 30.3 Å². The molecule has 0 spiro atoms. The zero-order valence-corrected chi connectivity index (χ0v) is 13.3. The van der Waals surface area contributed by atoms with Gasteiger partial charge in [0.05, 0.1) is 43.5 Å². The fourth-order valence-electron chi connectivity index (χ4n) is 3.65. The Balaban J connectivity index is 2.10. The molecule has 2 aromatic carbocycles. The van der Waals surface area contributed by atoms with E-state index in [1.165, 1.54) is 0 Å². The molecule has 0 radical (unpaired) electrons. The number of aliphatic hydroxyl groups excluding tert-OH is 4. The van der Waals surface area contributed by atoms with Gasteiger partial charge in [-0.2, -0.15) is 0 Å². The van der Waals surface area contributed by atoms with Gasteiger partial charge in [0, 0.05) is 0 Å². The smallest absolute Gasteiger partial charge is 0.0992 e. The summed E-state index contributed by atoms with van der Waals surface area (Å²) in [6.07, 6.45) is -2.22. The molecule has 4 atom stereocenters. The quantitative estimate of drug-likeness (QED) is 0.643. The first kappa shape index (κ1) is 17.1. The van der Waals surface area contributed by atoms with Crippen molar-refractivity contribution < 1.29 is 20.4 Å². The van der Waals surface area contributed by atoms with Crippen LogP contribution < -0.4 is 0 Å². The van der Waals surface area contributed by atoms with Crippen LogP contribution >= 0.6 is 0 Å². The Kier molecular flexibility index (Phi) is 5.28. The van der Waals surface area contributed by atoms with Crippen molar-refractivity contribution in [1.82, 2.24) is 4.90 Å². The first-order valence-electron chi connectivity index (χ1n) is 8.14. The van der Waals surface area contributed by atoms with Gasteiger partial charge in [0.1, 0.15) is 0 Å². The van der Waals surface area contributed by atoms with E-state index in [0.29, 0.717) is 0 Å². The maximum atomic E-state index is 10.3. The van der Waals surface area contributed by atoms with Crippen molar-refractivity contribution in [2.24, 2.45) is 0 Å². The van der Waals surface area contributed by atoms with Crippen LogP contribution in [-0.4, -0.2) is 62.8 Å². The summed E-state index contributed by atoms with van der Waals surface area (Å²) >= 11 is 0. The van der Waals surface area contributed by atoms with E-state index in [1.54, 1.807) is 0 Å². The third-order valence-electron chi connectivity index (χ3n) is 4.81. The zero-order valence-electron chi connectivity index (χ0n) is 13.3. The van der Waals surface area contributed by atoms with Crippen LogP contribution in [0.15, 0.2) is 60.7 Å². The van der Waals surface area contributed by atoms with E-state index in [0.717, 1.165) is 11.1 Å². The van der Waals surface area contributed by atoms with Gasteiger partial charge in [-0.25, -0.2) is 0 Å². The number of hydrogen-bond donors (Lipinski definition) is 4. The first-order chi connectivity index (χ1) is 11.7. The molecule has 1 heterocycles. The topological polar surface area (TPSA) is 84.2 Å². The predicted octanol–water partition coefficient (Wildman–Crippen LogP) is 0.535. The number of likely N-dealkylation sites (tertiary alicyclic amines) is 1. The highest BCUT2D eigenvalue weighted by atomic mass is 16.3. The highest BCUT2D eigenvalue weighted by Gasteiger charge is 2.50. The maximum Gasteiger partial charge on any atom is 0.0992 e. The highest BCUT2D eigenvalue weighted by molar-refractivity contribution is 5.33. The van der Waals surface area contributed by atoms with Gasteiger partial charge >= 0.3 is 0 Å². The molecule has 3 rings (SSSR count). The summed E-state index contributed by atoms with van der Waals surface area (Å²) < 4.78 is 0. The van der Waals surface area contributed by atoms with E-state index < -0.39 is 24.3 Å². The molecule has 24 heavy (non-hydrogen) atoms. The van der Waals surface area contributed by atoms with E-state index in [9.17, 15) is 20.4 Å². The minimum absolute atomic E-state index is 0.284. The number of benzene rings is 2. The Morgan fingerprint density at radius 1 is 0.708 bits per heavy atom. The lowest BCUT2D eigenvalue weighted by molar-refractivity contribution is 0.0130. The summed E-state index contributed by atoms with van der Waals surface area (Å²) in [6.45, 7) is -0.601. The van der Waals surface area contributed by atoms with Crippen LogP contribution in [0.25, 0.3) is 0 Å². The average molecular weight is 329 g/mol. The molecule has 0 aliphatic carbocycles. The Morgan fingerprint density at radius 2 is 1.08 bits per heavy atom. The van der Waals surface area contributed by atoms with Crippen molar-refractivity contribution in [3.63, 3.8) is 0 Å². The molecule has 1 aliphatic heterocycles. The van der Waals surface area contributed by atoms with Crippen LogP contribution in [-0.2, 0) is 0 Å². The number of nitrogens with zero attached hydrogens (tertiary/aromatic N) is 1. The summed E-state index contributed by atoms with van der Waals surface area (Å²) in [7, 11) is 0. The Hall–Kier alpha value is -1.76. The van der Waals surface area contributed by atoms with Gasteiger partial charge in [-0.3, -0.25) is 4.90 Å². The van der Waals surface area contributed by atoms with Gasteiger partial charge in [-0.1, -0.05) is 60.7 Å². The molecule has 0 amide bonds. The maximum absolute atomic E-state index is 10.3. The van der Waals surface area contributed by atoms with Crippen LogP contribution in [0, 0.1) is 0 Å². The fraction of sp³-hybridized carbons (Fsp3) is 0.368. The fourth-order valence-corrected chi connectivity index (χ4v) is 3.65. The molecule has 1 aliphatic rings. The molecule has 2 aromatic rings. The van der Waals surface area contributed by atoms with E-state index in [4.69, 9.17) is 0 Å². The second-order valence-corrected chi connectivity index (χ2v) is 6.15. The number of hydrogen-bond acceptors (Lipinski definition) is 5. The predicted molar refractivity (Wildman–Crippen MR) is 90.3 cm³/mol. The molecule has 1 unspecified atom stereocenters. The van der Waals surface area contributed by atoms with Gasteiger partial charge in [-0.05, 0) is 11.1 Å². The van der Waals surface area contributed by atoms with Crippen LogP contribution in [0.2, 0.25) is 0 Å². The van der Waals surface area contributed by atoms with Gasteiger partial charge < -0.3 is 20.4 Å². The monoisotopic (exact) mass is 329 g/mol.